The van der Waals surface area contributed by atoms with Crippen LogP contribution < -0.4 is 0 Å². The first-order valence-corrected chi connectivity index (χ1v) is 7.64. The molecule has 0 aromatic heterocycles. The van der Waals surface area contributed by atoms with Crippen LogP contribution in [0.5, 0.6) is 0 Å². The van der Waals surface area contributed by atoms with E-state index in [2.05, 4.69) is 25.2 Å². The summed E-state index contributed by atoms with van der Waals surface area (Å²) in [6, 6.07) is 0. The van der Waals surface area contributed by atoms with E-state index in [0.717, 1.165) is 25.7 Å². The summed E-state index contributed by atoms with van der Waals surface area (Å²) in [5, 5.41) is 8.48. The Bertz CT molecular complexity index is 335. The number of hydrogen-bond donors (Lipinski definition) is 1. The molecule has 2 heteroatoms. The summed E-state index contributed by atoms with van der Waals surface area (Å²) >= 11 is 0. The third kappa shape index (κ3) is 16.4. The van der Waals surface area contributed by atoms with Crippen molar-refractivity contribution in [2.24, 2.45) is 0 Å². The number of allylic oxidation sites excluding steroid dienone is 8. The van der Waals surface area contributed by atoms with Crippen LogP contribution in [-0.2, 0) is 4.79 Å². The van der Waals surface area contributed by atoms with E-state index < -0.39 is 5.97 Å². The summed E-state index contributed by atoms with van der Waals surface area (Å²) in [5.41, 5.74) is 0. The van der Waals surface area contributed by atoms with E-state index in [1.165, 1.54) is 19.3 Å². The van der Waals surface area contributed by atoms with Gasteiger partial charge in [0.2, 0.25) is 0 Å². The van der Waals surface area contributed by atoms with Gasteiger partial charge in [0.1, 0.15) is 0 Å². The third-order valence-electron chi connectivity index (χ3n) is 2.81. The number of rotatable bonds is 12. The fourth-order valence-corrected chi connectivity index (χ4v) is 1.66. The summed E-state index contributed by atoms with van der Waals surface area (Å²) in [4.78, 5) is 10.3. The highest BCUT2D eigenvalue weighted by molar-refractivity contribution is 5.66. The molecule has 0 aliphatic heterocycles. The van der Waals surface area contributed by atoms with Crippen molar-refractivity contribution in [1.29, 1.82) is 0 Å². The molecule has 0 amide bonds. The molecule has 0 fully saturated rings. The molecule has 0 aliphatic rings. The molecular weight excluding hydrogens is 250 g/mol. The van der Waals surface area contributed by atoms with Crippen molar-refractivity contribution in [3.8, 4) is 0 Å². The maximum atomic E-state index is 10.3. The minimum Gasteiger partial charge on any atom is -0.481 e. The molecule has 0 radical (unpaired) electrons. The molecule has 0 heterocycles. The van der Waals surface area contributed by atoms with E-state index in [4.69, 9.17) is 5.11 Å². The van der Waals surface area contributed by atoms with Crippen LogP contribution in [0.1, 0.15) is 58.3 Å². The van der Waals surface area contributed by atoms with E-state index in [0.29, 0.717) is 0 Å². The molecule has 0 bridgehead atoms. The largest absolute Gasteiger partial charge is 0.481 e. The Hall–Kier alpha value is -1.57. The minimum atomic E-state index is -0.707. The first-order chi connectivity index (χ1) is 9.77. The lowest BCUT2D eigenvalue weighted by Gasteiger charge is -1.91. The van der Waals surface area contributed by atoms with Gasteiger partial charge in [0.05, 0.1) is 0 Å². The molecule has 0 aromatic carbocycles. The fraction of sp³-hybridized carbons (Fsp3) is 0.500. The third-order valence-corrected chi connectivity index (χ3v) is 2.81. The van der Waals surface area contributed by atoms with E-state index in [9.17, 15) is 4.79 Å². The van der Waals surface area contributed by atoms with E-state index in [-0.39, 0.29) is 6.42 Å². The zero-order chi connectivity index (χ0) is 14.9. The maximum Gasteiger partial charge on any atom is 0.303 e. The lowest BCUT2D eigenvalue weighted by Crippen LogP contribution is -1.92. The molecule has 0 rings (SSSR count). The van der Waals surface area contributed by atoms with Crippen molar-refractivity contribution in [3.63, 3.8) is 0 Å². The Morgan fingerprint density at radius 3 is 1.80 bits per heavy atom. The van der Waals surface area contributed by atoms with E-state index >= 15 is 0 Å². The molecular formula is C18H28O2. The highest BCUT2D eigenvalue weighted by atomic mass is 16.6. The average Bonchev–Trinajstić information content (AvgIpc) is 2.43. The van der Waals surface area contributed by atoms with Gasteiger partial charge in [-0.2, -0.15) is 0 Å². The molecule has 0 saturated heterocycles. The predicted octanol–water partition coefficient (Wildman–Crippen LogP) is 5.44. The Kier molecular flexibility index (Phi) is 14.3. The van der Waals surface area contributed by atoms with E-state index in [1.807, 2.05) is 30.4 Å². The smallest absolute Gasteiger partial charge is 0.303 e. The van der Waals surface area contributed by atoms with Crippen LogP contribution in [-0.4, -0.2) is 11.1 Å². The van der Waals surface area contributed by atoms with Crippen LogP contribution in [0, 0.1) is 0 Å². The molecule has 0 aromatic rings. The van der Waals surface area contributed by atoms with Crippen LogP contribution >= 0.6 is 0 Å². The number of hydrogen-bond acceptors (Lipinski definition) is 1. The van der Waals surface area contributed by atoms with E-state index in [1.54, 1.807) is 0 Å². The highest BCUT2D eigenvalue weighted by Crippen LogP contribution is 2.01. The molecule has 2 nitrogen and oxygen atoms in total. The Balaban J connectivity index is 3.47. The van der Waals surface area contributed by atoms with Gasteiger partial charge in [0, 0.05) is 6.42 Å². The van der Waals surface area contributed by atoms with Gasteiger partial charge in [-0.05, 0) is 32.1 Å². The van der Waals surface area contributed by atoms with Crippen molar-refractivity contribution in [3.05, 3.63) is 48.6 Å². The lowest BCUT2D eigenvalue weighted by atomic mass is 10.2. The van der Waals surface area contributed by atoms with Gasteiger partial charge in [-0.25, -0.2) is 0 Å². The maximum absolute atomic E-state index is 10.3. The fourth-order valence-electron chi connectivity index (χ4n) is 1.66. The summed E-state index contributed by atoms with van der Waals surface area (Å²) in [6.07, 6.45) is 24.4. The zero-order valence-electron chi connectivity index (χ0n) is 12.6. The standard InChI is InChI=1S/C18H28O2/c1-2-3-4-5-6-7-8-9-10-11-12-13-14-15-16-17-18(19)20/h6-13H,2-5,14-17H2,1H3,(H,19,20)/b7-6-,9-8+,11-10+,13-12-/i18+2. The SMILES string of the molecule is CCCCC\C=C/C=C/C=C/C=C\CCCC[14C](=O)O. The van der Waals surface area contributed by atoms with Crippen molar-refractivity contribution in [2.75, 3.05) is 0 Å². The first-order valence-electron chi connectivity index (χ1n) is 7.64. The first kappa shape index (κ1) is 18.4. The van der Waals surface area contributed by atoms with Crippen LogP contribution in [0.3, 0.4) is 0 Å². The second-order valence-corrected chi connectivity index (χ2v) is 4.76. The molecule has 20 heavy (non-hydrogen) atoms. The van der Waals surface area contributed by atoms with Crippen LogP contribution in [0.2, 0.25) is 0 Å². The van der Waals surface area contributed by atoms with Crippen molar-refractivity contribution in [1.82, 2.24) is 0 Å². The number of aliphatic carboxylic acids is 1. The average molecular weight is 278 g/mol. The van der Waals surface area contributed by atoms with Gasteiger partial charge in [-0.15, -0.1) is 0 Å². The van der Waals surface area contributed by atoms with Crippen molar-refractivity contribution >= 4 is 5.97 Å². The minimum absolute atomic E-state index is 0.275. The summed E-state index contributed by atoms with van der Waals surface area (Å²) in [5.74, 6) is -0.707. The second kappa shape index (κ2) is 15.5. The Morgan fingerprint density at radius 1 is 0.800 bits per heavy atom. The summed E-state index contributed by atoms with van der Waals surface area (Å²) in [6.45, 7) is 2.22. The lowest BCUT2D eigenvalue weighted by molar-refractivity contribution is -0.137. The van der Waals surface area contributed by atoms with Crippen LogP contribution in [0.4, 0.5) is 0 Å². The molecule has 0 spiro atoms. The number of unbranched alkanes of at least 4 members (excludes halogenated alkanes) is 5. The number of carboxylic acid groups (broad SMARTS) is 1. The Labute approximate surface area is 123 Å². The normalized spacial score (nSPS) is 12.4. The molecule has 0 saturated carbocycles. The highest BCUT2D eigenvalue weighted by Gasteiger charge is 1.93. The topological polar surface area (TPSA) is 37.3 Å². The van der Waals surface area contributed by atoms with Gasteiger partial charge in [0.15, 0.2) is 0 Å². The molecule has 1 N–H and O–H groups in total. The Morgan fingerprint density at radius 2 is 1.30 bits per heavy atom. The van der Waals surface area contributed by atoms with Crippen LogP contribution in [0.25, 0.3) is 0 Å². The summed E-state index contributed by atoms with van der Waals surface area (Å²) in [7, 11) is 0. The number of carboxylic acids is 1. The monoisotopic (exact) mass is 278 g/mol. The zero-order valence-corrected chi connectivity index (χ0v) is 12.6. The molecule has 112 valence electrons. The summed E-state index contributed by atoms with van der Waals surface area (Å²) < 4.78 is 0. The van der Waals surface area contributed by atoms with Gasteiger partial charge >= 0.3 is 5.97 Å². The van der Waals surface area contributed by atoms with Gasteiger partial charge in [-0.1, -0.05) is 68.4 Å². The van der Waals surface area contributed by atoms with Gasteiger partial charge < -0.3 is 5.11 Å². The second-order valence-electron chi connectivity index (χ2n) is 4.76. The van der Waals surface area contributed by atoms with Crippen molar-refractivity contribution < 1.29 is 9.90 Å². The molecule has 0 unspecified atom stereocenters. The van der Waals surface area contributed by atoms with Gasteiger partial charge in [-0.3, -0.25) is 4.79 Å². The molecule has 0 aliphatic carbocycles. The van der Waals surface area contributed by atoms with Gasteiger partial charge in [0.25, 0.3) is 0 Å². The van der Waals surface area contributed by atoms with Crippen LogP contribution in [0.15, 0.2) is 48.6 Å². The quantitative estimate of drug-likeness (QED) is 0.381. The predicted molar refractivity (Wildman–Crippen MR) is 86.8 cm³/mol. The van der Waals surface area contributed by atoms with Crippen molar-refractivity contribution in [2.45, 2.75) is 58.3 Å². The molecule has 0 atom stereocenters. The number of carbonyl (C=O) groups is 1.